The fraction of sp³-hybridized carbons (Fsp3) is 0.158. The molecule has 156 valence electrons. The normalized spacial score (nSPS) is 11.1. The van der Waals surface area contributed by atoms with Gasteiger partial charge in [-0.1, -0.05) is 12.7 Å². The summed E-state index contributed by atoms with van der Waals surface area (Å²) in [5.41, 5.74) is -2.62. The summed E-state index contributed by atoms with van der Waals surface area (Å²) in [5, 5.41) is 0. The van der Waals surface area contributed by atoms with Crippen LogP contribution in [0.5, 0.6) is 5.75 Å². The number of aldehydes is 2. The largest absolute Gasteiger partial charge is 0.489 e. The van der Waals surface area contributed by atoms with E-state index in [2.05, 4.69) is 6.58 Å². The van der Waals surface area contributed by atoms with Crippen LogP contribution < -0.4 is 4.74 Å². The second-order valence-electron chi connectivity index (χ2n) is 5.32. The molecular weight excluding hydrogens is 409 g/mol. The van der Waals surface area contributed by atoms with E-state index in [-0.39, 0.29) is 24.2 Å². The van der Waals surface area contributed by atoms with Crippen LogP contribution in [0.25, 0.3) is 0 Å². The van der Waals surface area contributed by atoms with Crippen molar-refractivity contribution in [2.45, 2.75) is 12.4 Å². The van der Waals surface area contributed by atoms with Crippen LogP contribution in [-0.4, -0.2) is 19.2 Å². The number of carbonyl (C=O) groups is 2. The zero-order valence-electron chi connectivity index (χ0n) is 14.5. The predicted molar refractivity (Wildman–Crippen MR) is 89.3 cm³/mol. The van der Waals surface area contributed by atoms with Gasteiger partial charge in [0.05, 0.1) is 22.3 Å². The molecule has 0 saturated heterocycles. The molecule has 0 saturated carbocycles. The van der Waals surface area contributed by atoms with Gasteiger partial charge in [-0.05, 0) is 36.4 Å². The number of hydrogen-bond acceptors (Lipinski definition) is 3. The number of benzene rings is 2. The second kappa shape index (κ2) is 9.85. The monoisotopic (exact) mass is 422 g/mol. The van der Waals surface area contributed by atoms with Crippen molar-refractivity contribution in [1.82, 2.24) is 0 Å². The molecule has 29 heavy (non-hydrogen) atoms. The zero-order chi connectivity index (χ0) is 22.2. The first-order chi connectivity index (χ1) is 13.4. The van der Waals surface area contributed by atoms with Gasteiger partial charge in [0, 0.05) is 0 Å². The van der Waals surface area contributed by atoms with Gasteiger partial charge in [-0.15, -0.1) is 0 Å². The van der Waals surface area contributed by atoms with Crippen LogP contribution in [-0.2, 0) is 12.4 Å². The highest BCUT2D eigenvalue weighted by Crippen LogP contribution is 2.32. The molecule has 0 N–H and O–H groups in total. The molecule has 2 rings (SSSR count). The van der Waals surface area contributed by atoms with Crippen LogP contribution in [0.2, 0.25) is 0 Å². The first-order valence-electron chi connectivity index (χ1n) is 7.66. The molecule has 2 aromatic carbocycles. The van der Waals surface area contributed by atoms with E-state index < -0.39 is 34.9 Å². The summed E-state index contributed by atoms with van der Waals surface area (Å²) in [4.78, 5) is 20.7. The molecule has 0 radical (unpaired) electrons. The Kier molecular flexibility index (Phi) is 8.11. The molecule has 2 aromatic rings. The summed E-state index contributed by atoms with van der Waals surface area (Å²) in [6, 6.07) is 4.42. The molecule has 0 fully saturated rings. The van der Waals surface area contributed by atoms with Gasteiger partial charge in [-0.25, -0.2) is 4.39 Å². The van der Waals surface area contributed by atoms with Crippen molar-refractivity contribution < 1.29 is 45.1 Å². The summed E-state index contributed by atoms with van der Waals surface area (Å²) in [6.07, 6.45) is -7.20. The molecule has 0 amide bonds. The Morgan fingerprint density at radius 3 is 1.76 bits per heavy atom. The van der Waals surface area contributed by atoms with Crippen LogP contribution in [0.3, 0.4) is 0 Å². The first kappa shape index (κ1) is 23.9. The van der Waals surface area contributed by atoms with E-state index in [0.717, 1.165) is 18.2 Å². The Bertz CT molecular complexity index is 871. The number of halogens is 7. The molecule has 3 nitrogen and oxygen atoms in total. The molecule has 0 bridgehead atoms. The van der Waals surface area contributed by atoms with E-state index in [1.54, 1.807) is 0 Å². The second-order valence-corrected chi connectivity index (χ2v) is 5.32. The average molecular weight is 422 g/mol. The molecule has 0 aliphatic heterocycles. The van der Waals surface area contributed by atoms with Crippen LogP contribution in [0.15, 0.2) is 49.1 Å². The van der Waals surface area contributed by atoms with Gasteiger partial charge in [0.25, 0.3) is 0 Å². The Hall–Kier alpha value is -3.17. The van der Waals surface area contributed by atoms with E-state index in [9.17, 15) is 40.3 Å². The number of carbonyl (C=O) groups excluding carboxylic acids is 2. The molecule has 0 heterocycles. The quantitative estimate of drug-likeness (QED) is 0.351. The predicted octanol–water partition coefficient (Wildman–Crippen LogP) is 5.74. The number of rotatable bonds is 5. The zero-order valence-corrected chi connectivity index (χ0v) is 14.5. The van der Waals surface area contributed by atoms with Crippen molar-refractivity contribution in [2.24, 2.45) is 0 Å². The molecule has 10 heteroatoms. The number of ether oxygens (including phenoxy) is 1. The summed E-state index contributed by atoms with van der Waals surface area (Å²) in [7, 11) is 0. The Labute approximate surface area is 160 Å². The van der Waals surface area contributed by atoms with Crippen molar-refractivity contribution in [1.29, 1.82) is 0 Å². The van der Waals surface area contributed by atoms with Gasteiger partial charge < -0.3 is 4.74 Å². The number of hydrogen-bond donors (Lipinski definition) is 0. The van der Waals surface area contributed by atoms with Gasteiger partial charge in [0.2, 0.25) is 0 Å². The molecule has 0 spiro atoms. The van der Waals surface area contributed by atoms with E-state index in [1.165, 1.54) is 6.08 Å². The van der Waals surface area contributed by atoms with Gasteiger partial charge >= 0.3 is 12.4 Å². The number of alkyl halides is 6. The summed E-state index contributed by atoms with van der Waals surface area (Å²) in [5.74, 6) is -0.842. The van der Waals surface area contributed by atoms with Gasteiger partial charge in [0.1, 0.15) is 18.2 Å². The van der Waals surface area contributed by atoms with Crippen LogP contribution in [0.1, 0.15) is 31.8 Å². The summed E-state index contributed by atoms with van der Waals surface area (Å²) >= 11 is 0. The van der Waals surface area contributed by atoms with Crippen LogP contribution in [0, 0.1) is 5.82 Å². The fourth-order valence-electron chi connectivity index (χ4n) is 1.91. The molecular formula is C19H13F7O3. The van der Waals surface area contributed by atoms with Crippen molar-refractivity contribution in [3.8, 4) is 5.75 Å². The highest BCUT2D eigenvalue weighted by Gasteiger charge is 2.31. The molecule has 0 aliphatic rings. The third-order valence-corrected chi connectivity index (χ3v) is 3.27. The third-order valence-electron chi connectivity index (χ3n) is 3.27. The minimum Gasteiger partial charge on any atom is -0.489 e. The lowest BCUT2D eigenvalue weighted by atomic mass is 10.1. The maximum atomic E-state index is 12.6. The third kappa shape index (κ3) is 7.05. The minimum absolute atomic E-state index is 0.0462. The van der Waals surface area contributed by atoms with E-state index >= 15 is 0 Å². The maximum absolute atomic E-state index is 12.6. The van der Waals surface area contributed by atoms with Crippen molar-refractivity contribution in [2.75, 3.05) is 6.61 Å². The molecule has 0 aromatic heterocycles. The Morgan fingerprint density at radius 1 is 0.828 bits per heavy atom. The fourth-order valence-corrected chi connectivity index (χ4v) is 1.91. The molecule has 0 atom stereocenters. The van der Waals surface area contributed by atoms with Crippen LogP contribution >= 0.6 is 0 Å². The van der Waals surface area contributed by atoms with Crippen molar-refractivity contribution >= 4 is 12.6 Å². The maximum Gasteiger partial charge on any atom is 0.416 e. The smallest absolute Gasteiger partial charge is 0.416 e. The first-order valence-corrected chi connectivity index (χ1v) is 7.66. The summed E-state index contributed by atoms with van der Waals surface area (Å²) in [6.45, 7) is 3.53. The van der Waals surface area contributed by atoms with Crippen LogP contribution in [0.4, 0.5) is 30.7 Å². The SMILES string of the molecule is C=CCOc1ccc(C(F)(F)F)cc1C=O.O=Cc1cc(C(F)(F)F)ccc1F. The Morgan fingerprint density at radius 2 is 1.31 bits per heavy atom. The van der Waals surface area contributed by atoms with E-state index in [0.29, 0.717) is 24.5 Å². The lowest BCUT2D eigenvalue weighted by Gasteiger charge is -2.10. The van der Waals surface area contributed by atoms with Gasteiger partial charge in [0.15, 0.2) is 12.6 Å². The highest BCUT2D eigenvalue weighted by molar-refractivity contribution is 5.79. The minimum atomic E-state index is -4.55. The van der Waals surface area contributed by atoms with Gasteiger partial charge in [-0.3, -0.25) is 9.59 Å². The topological polar surface area (TPSA) is 43.4 Å². The lowest BCUT2D eigenvalue weighted by Crippen LogP contribution is -2.06. The molecule has 0 unspecified atom stereocenters. The van der Waals surface area contributed by atoms with Crippen molar-refractivity contribution in [3.05, 3.63) is 77.1 Å². The Balaban J connectivity index is 0.000000296. The average Bonchev–Trinajstić information content (AvgIpc) is 2.65. The van der Waals surface area contributed by atoms with Gasteiger partial charge in [-0.2, -0.15) is 26.3 Å². The molecule has 0 aliphatic carbocycles. The van der Waals surface area contributed by atoms with Crippen molar-refractivity contribution in [3.63, 3.8) is 0 Å². The standard InChI is InChI=1S/C11H9F3O2.C8H4F4O/c1-2-5-16-10-4-3-9(11(12,13)14)6-8(10)7-15;9-7-2-1-6(8(10,11)12)3-5(7)4-13/h2-4,6-7H,1,5H2;1-4H. The van der Waals surface area contributed by atoms with E-state index in [1.807, 2.05) is 0 Å². The lowest BCUT2D eigenvalue weighted by molar-refractivity contribution is -0.138. The van der Waals surface area contributed by atoms with E-state index in [4.69, 9.17) is 4.74 Å². The summed E-state index contributed by atoms with van der Waals surface area (Å²) < 4.78 is 90.5. The highest BCUT2D eigenvalue weighted by atomic mass is 19.4.